The van der Waals surface area contributed by atoms with E-state index < -0.39 is 6.09 Å². The van der Waals surface area contributed by atoms with Crippen molar-refractivity contribution >= 4 is 6.09 Å². The van der Waals surface area contributed by atoms with Gasteiger partial charge in [0, 0.05) is 38.8 Å². The monoisotopic (exact) mass is 255 g/mol. The van der Waals surface area contributed by atoms with E-state index in [0.717, 1.165) is 25.9 Å². The maximum absolute atomic E-state index is 10.6. The SMILES string of the molecule is CCN1CCN(C[C@H]2CCC(NC(=O)O)C2)CC1. The Bertz CT molecular complexity index is 277. The summed E-state index contributed by atoms with van der Waals surface area (Å²) in [5.74, 6) is 0.676. The molecule has 0 radical (unpaired) electrons. The van der Waals surface area contributed by atoms with Crippen molar-refractivity contribution in [1.82, 2.24) is 15.1 Å². The minimum atomic E-state index is -0.878. The van der Waals surface area contributed by atoms with Crippen LogP contribution in [0.4, 0.5) is 4.79 Å². The summed E-state index contributed by atoms with van der Waals surface area (Å²) in [6, 6.07) is 0.185. The molecular formula is C13H25N3O2. The van der Waals surface area contributed by atoms with E-state index in [-0.39, 0.29) is 6.04 Å². The van der Waals surface area contributed by atoms with Gasteiger partial charge in [-0.25, -0.2) is 4.79 Å². The second-order valence-electron chi connectivity index (χ2n) is 5.56. The molecule has 2 fully saturated rings. The first-order valence-corrected chi connectivity index (χ1v) is 7.11. The third-order valence-electron chi connectivity index (χ3n) is 4.30. The van der Waals surface area contributed by atoms with Crippen molar-refractivity contribution in [2.24, 2.45) is 5.92 Å². The number of nitrogens with one attached hydrogen (secondary N) is 1. The molecule has 1 unspecified atom stereocenters. The maximum atomic E-state index is 10.6. The molecule has 0 aromatic heterocycles. The second kappa shape index (κ2) is 6.38. The predicted molar refractivity (Wildman–Crippen MR) is 70.8 cm³/mol. The first-order chi connectivity index (χ1) is 8.67. The van der Waals surface area contributed by atoms with Crippen molar-refractivity contribution in [2.75, 3.05) is 39.3 Å². The van der Waals surface area contributed by atoms with Crippen LogP contribution >= 0.6 is 0 Å². The Morgan fingerprint density at radius 1 is 1.22 bits per heavy atom. The van der Waals surface area contributed by atoms with Gasteiger partial charge in [0.15, 0.2) is 0 Å². The molecule has 1 saturated heterocycles. The molecule has 0 bridgehead atoms. The molecule has 2 N–H and O–H groups in total. The number of amides is 1. The quantitative estimate of drug-likeness (QED) is 0.789. The Morgan fingerprint density at radius 2 is 1.89 bits per heavy atom. The van der Waals surface area contributed by atoms with Gasteiger partial charge in [-0.15, -0.1) is 0 Å². The lowest BCUT2D eigenvalue weighted by atomic mass is 10.1. The van der Waals surface area contributed by atoms with Crippen LogP contribution in [0.2, 0.25) is 0 Å². The van der Waals surface area contributed by atoms with Crippen molar-refractivity contribution < 1.29 is 9.90 Å². The Hall–Kier alpha value is -0.810. The third-order valence-corrected chi connectivity index (χ3v) is 4.30. The van der Waals surface area contributed by atoms with Gasteiger partial charge in [0.05, 0.1) is 0 Å². The molecular weight excluding hydrogens is 230 g/mol. The summed E-state index contributed by atoms with van der Waals surface area (Å²) < 4.78 is 0. The van der Waals surface area contributed by atoms with Crippen molar-refractivity contribution in [3.63, 3.8) is 0 Å². The molecule has 18 heavy (non-hydrogen) atoms. The zero-order valence-electron chi connectivity index (χ0n) is 11.3. The molecule has 1 amide bonds. The Labute approximate surface area is 109 Å². The van der Waals surface area contributed by atoms with Crippen LogP contribution in [0.1, 0.15) is 26.2 Å². The van der Waals surface area contributed by atoms with Gasteiger partial charge in [-0.2, -0.15) is 0 Å². The van der Waals surface area contributed by atoms with Crippen LogP contribution in [0.15, 0.2) is 0 Å². The predicted octanol–water partition coefficient (Wildman–Crippen LogP) is 1.06. The lowest BCUT2D eigenvalue weighted by Crippen LogP contribution is -2.47. The minimum Gasteiger partial charge on any atom is -0.465 e. The summed E-state index contributed by atoms with van der Waals surface area (Å²) in [6.07, 6.45) is 2.31. The summed E-state index contributed by atoms with van der Waals surface area (Å²) in [6.45, 7) is 9.22. The summed E-state index contributed by atoms with van der Waals surface area (Å²) in [5, 5.41) is 11.3. The summed E-state index contributed by atoms with van der Waals surface area (Å²) >= 11 is 0. The number of hydrogen-bond acceptors (Lipinski definition) is 3. The number of rotatable bonds is 4. The molecule has 2 rings (SSSR count). The fourth-order valence-corrected chi connectivity index (χ4v) is 3.20. The lowest BCUT2D eigenvalue weighted by Gasteiger charge is -2.35. The molecule has 1 saturated carbocycles. The van der Waals surface area contributed by atoms with Crippen LogP contribution in [-0.4, -0.2) is 66.3 Å². The fourth-order valence-electron chi connectivity index (χ4n) is 3.20. The molecule has 5 nitrogen and oxygen atoms in total. The van der Waals surface area contributed by atoms with Gasteiger partial charge in [0.2, 0.25) is 0 Å². The zero-order chi connectivity index (χ0) is 13.0. The van der Waals surface area contributed by atoms with Gasteiger partial charge in [-0.05, 0) is 31.7 Å². The van der Waals surface area contributed by atoms with E-state index in [0.29, 0.717) is 5.92 Å². The maximum Gasteiger partial charge on any atom is 0.404 e. The topological polar surface area (TPSA) is 55.8 Å². The molecule has 104 valence electrons. The van der Waals surface area contributed by atoms with Gasteiger partial charge in [0.25, 0.3) is 0 Å². The van der Waals surface area contributed by atoms with E-state index in [4.69, 9.17) is 5.11 Å². The van der Waals surface area contributed by atoms with E-state index in [1.165, 1.54) is 32.6 Å². The summed E-state index contributed by atoms with van der Waals surface area (Å²) in [4.78, 5) is 15.6. The Morgan fingerprint density at radius 3 is 2.50 bits per heavy atom. The second-order valence-corrected chi connectivity index (χ2v) is 5.56. The highest BCUT2D eigenvalue weighted by molar-refractivity contribution is 5.64. The van der Waals surface area contributed by atoms with Crippen LogP contribution in [0.25, 0.3) is 0 Å². The molecule has 1 aliphatic heterocycles. The normalized spacial score (nSPS) is 30.5. The standard InChI is InChI=1S/C13H25N3O2/c1-2-15-5-7-16(8-6-15)10-11-3-4-12(9-11)14-13(17)18/h11-12,14H,2-10H2,1H3,(H,17,18)/t11-,12?/m0/s1. The highest BCUT2D eigenvalue weighted by Crippen LogP contribution is 2.26. The number of carbonyl (C=O) groups is 1. The van der Waals surface area contributed by atoms with Crippen molar-refractivity contribution in [1.29, 1.82) is 0 Å². The molecule has 0 spiro atoms. The highest BCUT2D eigenvalue weighted by atomic mass is 16.4. The van der Waals surface area contributed by atoms with Crippen LogP contribution in [-0.2, 0) is 0 Å². The molecule has 5 heteroatoms. The van der Waals surface area contributed by atoms with E-state index in [2.05, 4.69) is 22.0 Å². The number of carboxylic acid groups (broad SMARTS) is 1. The van der Waals surface area contributed by atoms with Crippen molar-refractivity contribution in [3.05, 3.63) is 0 Å². The number of piperazine rings is 1. The number of likely N-dealkylation sites (N-methyl/N-ethyl adjacent to an activating group) is 1. The van der Waals surface area contributed by atoms with Gasteiger partial charge in [-0.3, -0.25) is 0 Å². The average Bonchev–Trinajstić information content (AvgIpc) is 2.76. The van der Waals surface area contributed by atoms with E-state index in [1.807, 2.05) is 0 Å². The van der Waals surface area contributed by atoms with E-state index >= 15 is 0 Å². The Kier molecular flexibility index (Phi) is 4.83. The molecule has 2 atom stereocenters. The number of nitrogens with zero attached hydrogens (tertiary/aromatic N) is 2. The third kappa shape index (κ3) is 3.85. The smallest absolute Gasteiger partial charge is 0.404 e. The molecule has 0 aromatic carbocycles. The van der Waals surface area contributed by atoms with Crippen molar-refractivity contribution in [2.45, 2.75) is 32.2 Å². The van der Waals surface area contributed by atoms with E-state index in [1.54, 1.807) is 0 Å². The van der Waals surface area contributed by atoms with Crippen molar-refractivity contribution in [3.8, 4) is 0 Å². The summed E-state index contributed by atoms with van der Waals surface area (Å²) in [5.41, 5.74) is 0. The molecule has 0 aromatic rings. The molecule has 2 aliphatic rings. The van der Waals surface area contributed by atoms with Crippen LogP contribution in [0, 0.1) is 5.92 Å². The molecule has 1 heterocycles. The van der Waals surface area contributed by atoms with Crippen LogP contribution < -0.4 is 5.32 Å². The van der Waals surface area contributed by atoms with Gasteiger partial charge >= 0.3 is 6.09 Å². The van der Waals surface area contributed by atoms with Crippen LogP contribution in [0.5, 0.6) is 0 Å². The summed E-state index contributed by atoms with van der Waals surface area (Å²) in [7, 11) is 0. The van der Waals surface area contributed by atoms with Gasteiger partial charge < -0.3 is 20.2 Å². The average molecular weight is 255 g/mol. The van der Waals surface area contributed by atoms with Crippen LogP contribution in [0.3, 0.4) is 0 Å². The largest absolute Gasteiger partial charge is 0.465 e. The molecule has 1 aliphatic carbocycles. The van der Waals surface area contributed by atoms with Gasteiger partial charge in [-0.1, -0.05) is 6.92 Å². The first kappa shape index (κ1) is 13.6. The van der Waals surface area contributed by atoms with E-state index in [9.17, 15) is 4.79 Å². The number of hydrogen-bond donors (Lipinski definition) is 2. The Balaban J connectivity index is 1.67. The van der Waals surface area contributed by atoms with Gasteiger partial charge in [0.1, 0.15) is 0 Å². The lowest BCUT2D eigenvalue weighted by molar-refractivity contribution is 0.122. The zero-order valence-corrected chi connectivity index (χ0v) is 11.3. The fraction of sp³-hybridized carbons (Fsp3) is 0.923. The minimum absolute atomic E-state index is 0.185. The highest BCUT2D eigenvalue weighted by Gasteiger charge is 2.28. The first-order valence-electron chi connectivity index (χ1n) is 7.11.